The Hall–Kier alpha value is -2.64. The van der Waals surface area contributed by atoms with E-state index in [0.29, 0.717) is 28.5 Å². The van der Waals surface area contributed by atoms with Gasteiger partial charge in [-0.3, -0.25) is 9.69 Å². The van der Waals surface area contributed by atoms with Gasteiger partial charge in [0.1, 0.15) is 21.7 Å². The standard InChI is InChI=1S/C22H27N3O3S/c1-15-8-6-9-16(14-15)21(26)25(13-7-12-24(2)3)22-23-19-17(27-4)10-11-18(28-5)20(19)29-22/h6,8-11,14H,7,12-13H2,1-5H3/p+1. The molecule has 154 valence electrons. The van der Waals surface area contributed by atoms with Crippen molar-refractivity contribution in [2.24, 2.45) is 0 Å². The second-order valence-corrected chi connectivity index (χ2v) is 8.26. The van der Waals surface area contributed by atoms with Crippen LogP contribution in [0.5, 0.6) is 11.5 Å². The highest BCUT2D eigenvalue weighted by Crippen LogP contribution is 2.40. The number of anilines is 1. The van der Waals surface area contributed by atoms with Gasteiger partial charge in [0.05, 0.1) is 34.9 Å². The van der Waals surface area contributed by atoms with E-state index in [4.69, 9.17) is 14.5 Å². The zero-order valence-corrected chi connectivity index (χ0v) is 18.4. The van der Waals surface area contributed by atoms with Crippen LogP contribution in [0.3, 0.4) is 0 Å². The lowest BCUT2D eigenvalue weighted by molar-refractivity contribution is -0.858. The summed E-state index contributed by atoms with van der Waals surface area (Å²) in [5.74, 6) is 1.36. The molecule has 0 aliphatic rings. The first kappa shape index (κ1) is 21.1. The maximum Gasteiger partial charge on any atom is 0.260 e. The molecule has 7 heteroatoms. The van der Waals surface area contributed by atoms with E-state index in [0.717, 1.165) is 29.0 Å². The number of methoxy groups -OCH3 is 2. The third-order valence-electron chi connectivity index (χ3n) is 4.70. The third kappa shape index (κ3) is 4.68. The summed E-state index contributed by atoms with van der Waals surface area (Å²) in [6, 6.07) is 11.4. The summed E-state index contributed by atoms with van der Waals surface area (Å²) in [6.07, 6.45) is 0.879. The second kappa shape index (κ2) is 9.24. The van der Waals surface area contributed by atoms with Gasteiger partial charge in [0.25, 0.3) is 5.91 Å². The van der Waals surface area contributed by atoms with Crippen molar-refractivity contribution in [2.75, 3.05) is 46.3 Å². The minimum Gasteiger partial charge on any atom is -0.495 e. The predicted molar refractivity (Wildman–Crippen MR) is 118 cm³/mol. The summed E-state index contributed by atoms with van der Waals surface area (Å²) in [7, 11) is 7.48. The van der Waals surface area contributed by atoms with Gasteiger partial charge in [0.2, 0.25) is 0 Å². The monoisotopic (exact) mass is 414 g/mol. The Morgan fingerprint density at radius 1 is 1.14 bits per heavy atom. The topological polar surface area (TPSA) is 56.1 Å². The lowest BCUT2D eigenvalue weighted by Gasteiger charge is -2.20. The summed E-state index contributed by atoms with van der Waals surface area (Å²) in [6.45, 7) is 3.56. The van der Waals surface area contributed by atoms with Gasteiger partial charge in [-0.05, 0) is 31.2 Å². The summed E-state index contributed by atoms with van der Waals surface area (Å²) in [5, 5.41) is 0.656. The normalized spacial score (nSPS) is 11.1. The highest BCUT2D eigenvalue weighted by molar-refractivity contribution is 7.22. The number of quaternary nitrogens is 1. The molecule has 0 fully saturated rings. The molecule has 0 saturated carbocycles. The van der Waals surface area contributed by atoms with Crippen LogP contribution in [0.15, 0.2) is 36.4 Å². The average Bonchev–Trinajstić information content (AvgIpc) is 3.14. The molecule has 2 aromatic carbocycles. The van der Waals surface area contributed by atoms with Crippen LogP contribution < -0.4 is 19.3 Å². The first-order chi connectivity index (χ1) is 13.9. The molecule has 3 rings (SSSR count). The van der Waals surface area contributed by atoms with Crippen molar-refractivity contribution in [3.8, 4) is 11.5 Å². The molecule has 0 saturated heterocycles. The van der Waals surface area contributed by atoms with Crippen LogP contribution in [0, 0.1) is 6.92 Å². The van der Waals surface area contributed by atoms with Crippen molar-refractivity contribution >= 4 is 32.6 Å². The van der Waals surface area contributed by atoms with E-state index < -0.39 is 0 Å². The zero-order valence-electron chi connectivity index (χ0n) is 17.6. The fraction of sp³-hybridized carbons (Fsp3) is 0.364. The summed E-state index contributed by atoms with van der Waals surface area (Å²) < 4.78 is 11.9. The number of ether oxygens (including phenoxy) is 2. The average molecular weight is 415 g/mol. The van der Waals surface area contributed by atoms with Crippen LogP contribution in [-0.4, -0.2) is 52.3 Å². The van der Waals surface area contributed by atoms with Gasteiger partial charge in [-0.15, -0.1) is 0 Å². The van der Waals surface area contributed by atoms with Gasteiger partial charge in [0, 0.05) is 18.5 Å². The Morgan fingerprint density at radius 2 is 1.86 bits per heavy atom. The molecule has 0 radical (unpaired) electrons. The minimum absolute atomic E-state index is 0.0422. The smallest absolute Gasteiger partial charge is 0.260 e. The molecule has 0 spiro atoms. The summed E-state index contributed by atoms with van der Waals surface area (Å²) in [5.41, 5.74) is 2.44. The molecule has 0 unspecified atom stereocenters. The molecule has 1 heterocycles. The van der Waals surface area contributed by atoms with Crippen LogP contribution in [0.25, 0.3) is 10.2 Å². The highest BCUT2D eigenvalue weighted by Gasteiger charge is 2.23. The van der Waals surface area contributed by atoms with E-state index in [1.165, 1.54) is 16.2 Å². The Bertz CT molecular complexity index is 959. The maximum atomic E-state index is 13.4. The van der Waals surface area contributed by atoms with Crippen LogP contribution >= 0.6 is 11.3 Å². The van der Waals surface area contributed by atoms with Gasteiger partial charge < -0.3 is 14.4 Å². The van der Waals surface area contributed by atoms with Crippen LogP contribution in [0.4, 0.5) is 5.13 Å². The maximum absolute atomic E-state index is 13.4. The number of hydrogen-bond donors (Lipinski definition) is 1. The number of aromatic nitrogens is 1. The number of fused-ring (bicyclic) bond motifs is 1. The molecule has 6 nitrogen and oxygen atoms in total. The minimum atomic E-state index is -0.0422. The van der Waals surface area contributed by atoms with E-state index in [-0.39, 0.29) is 5.91 Å². The van der Waals surface area contributed by atoms with E-state index in [2.05, 4.69) is 14.1 Å². The number of nitrogens with zero attached hydrogens (tertiary/aromatic N) is 2. The van der Waals surface area contributed by atoms with Gasteiger partial charge in [-0.1, -0.05) is 29.0 Å². The van der Waals surface area contributed by atoms with E-state index in [1.54, 1.807) is 19.1 Å². The molecular formula is C22H28N3O3S+. The Kier molecular flexibility index (Phi) is 6.71. The van der Waals surface area contributed by atoms with Gasteiger partial charge in [0.15, 0.2) is 5.13 Å². The third-order valence-corrected chi connectivity index (χ3v) is 5.79. The predicted octanol–water partition coefficient (Wildman–Crippen LogP) is 2.80. The summed E-state index contributed by atoms with van der Waals surface area (Å²) in [4.78, 5) is 21.3. The van der Waals surface area contributed by atoms with E-state index in [1.807, 2.05) is 43.3 Å². The molecule has 0 atom stereocenters. The largest absolute Gasteiger partial charge is 0.495 e. The number of aryl methyl sites for hydroxylation is 1. The number of benzene rings is 2. The molecule has 1 aromatic heterocycles. The van der Waals surface area contributed by atoms with E-state index in [9.17, 15) is 4.79 Å². The number of hydrogen-bond acceptors (Lipinski definition) is 5. The first-order valence-corrected chi connectivity index (χ1v) is 10.4. The van der Waals surface area contributed by atoms with E-state index >= 15 is 0 Å². The number of rotatable bonds is 8. The van der Waals surface area contributed by atoms with Crippen molar-refractivity contribution in [2.45, 2.75) is 13.3 Å². The van der Waals surface area contributed by atoms with Crippen molar-refractivity contribution in [1.29, 1.82) is 0 Å². The van der Waals surface area contributed by atoms with Crippen LogP contribution in [0.2, 0.25) is 0 Å². The Morgan fingerprint density at radius 3 is 2.52 bits per heavy atom. The molecule has 29 heavy (non-hydrogen) atoms. The first-order valence-electron chi connectivity index (χ1n) is 9.63. The van der Waals surface area contributed by atoms with Gasteiger partial charge in [-0.25, -0.2) is 4.98 Å². The van der Waals surface area contributed by atoms with Gasteiger partial charge in [-0.2, -0.15) is 0 Å². The van der Waals surface area contributed by atoms with Crippen molar-refractivity contribution in [1.82, 2.24) is 4.98 Å². The number of carbonyl (C=O) groups excluding carboxylic acids is 1. The molecule has 0 aliphatic carbocycles. The SMILES string of the molecule is COc1ccc(OC)c2sc(N(CCC[NH+](C)C)C(=O)c3cccc(C)c3)nc12. The number of thiazole rings is 1. The number of carbonyl (C=O) groups is 1. The fourth-order valence-corrected chi connectivity index (χ4v) is 4.30. The molecule has 1 amide bonds. The molecule has 0 bridgehead atoms. The van der Waals surface area contributed by atoms with Crippen LogP contribution in [0.1, 0.15) is 22.3 Å². The molecule has 1 N–H and O–H groups in total. The van der Waals surface area contributed by atoms with Crippen molar-refractivity contribution in [3.05, 3.63) is 47.5 Å². The number of amides is 1. The fourth-order valence-electron chi connectivity index (χ4n) is 3.20. The highest BCUT2D eigenvalue weighted by atomic mass is 32.1. The van der Waals surface area contributed by atoms with Crippen molar-refractivity contribution < 1.29 is 19.2 Å². The molecular weight excluding hydrogens is 386 g/mol. The Balaban J connectivity index is 2.04. The number of nitrogens with one attached hydrogen (secondary N) is 1. The molecule has 0 aliphatic heterocycles. The van der Waals surface area contributed by atoms with Gasteiger partial charge >= 0.3 is 0 Å². The lowest BCUT2D eigenvalue weighted by atomic mass is 10.1. The quantitative estimate of drug-likeness (QED) is 0.616. The lowest BCUT2D eigenvalue weighted by Crippen LogP contribution is -3.05. The second-order valence-electron chi connectivity index (χ2n) is 7.28. The van der Waals surface area contributed by atoms with Crippen molar-refractivity contribution in [3.63, 3.8) is 0 Å². The molecule has 3 aromatic rings. The Labute approximate surface area is 175 Å². The van der Waals surface area contributed by atoms with Crippen LogP contribution in [-0.2, 0) is 0 Å². The summed E-state index contributed by atoms with van der Waals surface area (Å²) >= 11 is 1.45. The zero-order chi connectivity index (χ0) is 21.0.